The quantitative estimate of drug-likeness (QED) is 0.588. The minimum atomic E-state index is 0.109. The predicted molar refractivity (Wildman–Crippen MR) is 117 cm³/mol. The Morgan fingerprint density at radius 2 is 1.78 bits per heavy atom. The molecule has 0 saturated carbocycles. The SMILES string of the molecule is CN(CCCc1ccc(CN)s1)CCN(C)C(=O)c1cc2ccccc2s1. The number of carbonyl (C=O) groups is 1. The second-order valence-corrected chi connectivity index (χ2v) is 9.19. The summed E-state index contributed by atoms with van der Waals surface area (Å²) < 4.78 is 1.16. The first-order valence-electron chi connectivity index (χ1n) is 9.27. The van der Waals surface area contributed by atoms with E-state index in [2.05, 4.69) is 36.2 Å². The van der Waals surface area contributed by atoms with Gasteiger partial charge in [0.15, 0.2) is 0 Å². The fraction of sp³-hybridized carbons (Fsp3) is 0.381. The van der Waals surface area contributed by atoms with E-state index in [0.29, 0.717) is 6.54 Å². The summed E-state index contributed by atoms with van der Waals surface area (Å²) in [6.07, 6.45) is 2.21. The van der Waals surface area contributed by atoms with Gasteiger partial charge in [-0.15, -0.1) is 22.7 Å². The van der Waals surface area contributed by atoms with Gasteiger partial charge in [0.1, 0.15) is 0 Å². The Morgan fingerprint density at radius 1 is 1.00 bits per heavy atom. The zero-order valence-electron chi connectivity index (χ0n) is 16.0. The number of nitrogens with zero attached hydrogens (tertiary/aromatic N) is 2. The maximum Gasteiger partial charge on any atom is 0.263 e. The van der Waals surface area contributed by atoms with Crippen LogP contribution in [-0.4, -0.2) is 49.4 Å². The van der Waals surface area contributed by atoms with Gasteiger partial charge in [0, 0.05) is 41.1 Å². The third kappa shape index (κ3) is 5.39. The summed E-state index contributed by atoms with van der Waals surface area (Å²) in [5.74, 6) is 0.109. The van der Waals surface area contributed by atoms with Crippen LogP contribution in [-0.2, 0) is 13.0 Å². The van der Waals surface area contributed by atoms with E-state index < -0.39 is 0 Å². The molecule has 0 unspecified atom stereocenters. The van der Waals surface area contributed by atoms with Crippen LogP contribution in [0.1, 0.15) is 25.8 Å². The number of fused-ring (bicyclic) bond motifs is 1. The number of nitrogens with two attached hydrogens (primary N) is 1. The first kappa shape index (κ1) is 20.0. The Balaban J connectivity index is 1.42. The molecule has 4 nitrogen and oxygen atoms in total. The molecule has 27 heavy (non-hydrogen) atoms. The van der Waals surface area contributed by atoms with E-state index in [1.54, 1.807) is 11.3 Å². The molecule has 3 rings (SSSR count). The molecule has 0 spiro atoms. The lowest BCUT2D eigenvalue weighted by Gasteiger charge is -2.21. The van der Waals surface area contributed by atoms with Crippen molar-refractivity contribution in [3.8, 4) is 0 Å². The molecule has 0 aliphatic rings. The fourth-order valence-electron chi connectivity index (χ4n) is 3.00. The highest BCUT2D eigenvalue weighted by atomic mass is 32.1. The van der Waals surface area contributed by atoms with Gasteiger partial charge < -0.3 is 15.5 Å². The number of carbonyl (C=O) groups excluding carboxylic acids is 1. The molecular formula is C21H27N3OS2. The van der Waals surface area contributed by atoms with Crippen molar-refractivity contribution in [3.05, 3.63) is 57.1 Å². The lowest BCUT2D eigenvalue weighted by atomic mass is 10.2. The molecule has 144 valence electrons. The smallest absolute Gasteiger partial charge is 0.263 e. The lowest BCUT2D eigenvalue weighted by Crippen LogP contribution is -2.34. The standard InChI is InChI=1S/C21H27N3OS2/c1-23(11-5-7-17-9-10-18(15-22)26-17)12-13-24(2)21(25)20-14-16-6-3-4-8-19(16)27-20/h3-4,6,8-10,14H,5,7,11-13,15,22H2,1-2H3. The van der Waals surface area contributed by atoms with Gasteiger partial charge in [-0.25, -0.2) is 0 Å². The summed E-state index contributed by atoms with van der Waals surface area (Å²) >= 11 is 3.38. The normalized spacial score (nSPS) is 11.4. The molecule has 0 radical (unpaired) electrons. The van der Waals surface area contributed by atoms with Crippen molar-refractivity contribution < 1.29 is 4.79 Å². The van der Waals surface area contributed by atoms with E-state index in [1.807, 2.05) is 41.5 Å². The van der Waals surface area contributed by atoms with Crippen LogP contribution in [0.4, 0.5) is 0 Å². The third-order valence-electron chi connectivity index (χ3n) is 4.68. The van der Waals surface area contributed by atoms with Crippen LogP contribution in [0, 0.1) is 0 Å². The zero-order chi connectivity index (χ0) is 19.2. The number of aryl methyl sites for hydroxylation is 1. The Morgan fingerprint density at radius 3 is 2.52 bits per heavy atom. The van der Waals surface area contributed by atoms with E-state index in [0.717, 1.165) is 47.4 Å². The molecular weight excluding hydrogens is 374 g/mol. The second kappa shape index (κ2) is 9.46. The predicted octanol–water partition coefficient (Wildman–Crippen LogP) is 4.06. The van der Waals surface area contributed by atoms with Gasteiger partial charge in [0.25, 0.3) is 5.91 Å². The van der Waals surface area contributed by atoms with E-state index in [9.17, 15) is 4.79 Å². The molecule has 0 bridgehead atoms. The van der Waals surface area contributed by atoms with Crippen molar-refractivity contribution in [1.82, 2.24) is 9.80 Å². The second-order valence-electron chi connectivity index (χ2n) is 6.85. The maximum atomic E-state index is 12.7. The lowest BCUT2D eigenvalue weighted by molar-refractivity contribution is 0.0787. The van der Waals surface area contributed by atoms with Crippen molar-refractivity contribution >= 4 is 38.7 Å². The number of rotatable bonds is 9. The largest absolute Gasteiger partial charge is 0.340 e. The van der Waals surface area contributed by atoms with Crippen molar-refractivity contribution in [2.24, 2.45) is 5.73 Å². The summed E-state index contributed by atoms with van der Waals surface area (Å²) in [4.78, 5) is 20.3. The minimum Gasteiger partial charge on any atom is -0.340 e. The topological polar surface area (TPSA) is 49.6 Å². The molecule has 1 aromatic carbocycles. The summed E-state index contributed by atoms with van der Waals surface area (Å²) in [6, 6.07) is 14.4. The van der Waals surface area contributed by atoms with Gasteiger partial charge in [0.05, 0.1) is 4.88 Å². The van der Waals surface area contributed by atoms with Crippen molar-refractivity contribution in [2.75, 3.05) is 33.7 Å². The van der Waals surface area contributed by atoms with Gasteiger partial charge >= 0.3 is 0 Å². The van der Waals surface area contributed by atoms with Crippen molar-refractivity contribution in [3.63, 3.8) is 0 Å². The molecule has 0 saturated heterocycles. The molecule has 0 atom stereocenters. The third-order valence-corrected chi connectivity index (χ3v) is 6.95. The van der Waals surface area contributed by atoms with Gasteiger partial charge in [-0.2, -0.15) is 0 Å². The molecule has 0 fully saturated rings. The van der Waals surface area contributed by atoms with Crippen LogP contribution in [0.5, 0.6) is 0 Å². The van der Waals surface area contributed by atoms with Gasteiger partial charge in [0.2, 0.25) is 0 Å². The van der Waals surface area contributed by atoms with Crippen LogP contribution in [0.25, 0.3) is 10.1 Å². The molecule has 2 aromatic heterocycles. The summed E-state index contributed by atoms with van der Waals surface area (Å²) in [6.45, 7) is 3.27. The molecule has 2 heterocycles. The maximum absolute atomic E-state index is 12.7. The molecule has 1 amide bonds. The Labute approximate surface area is 169 Å². The van der Waals surface area contributed by atoms with Gasteiger partial charge in [-0.05, 0) is 56.1 Å². The van der Waals surface area contributed by atoms with E-state index in [4.69, 9.17) is 5.73 Å². The van der Waals surface area contributed by atoms with Crippen LogP contribution < -0.4 is 5.73 Å². The number of thiophene rings is 2. The first-order chi connectivity index (χ1) is 13.1. The highest BCUT2D eigenvalue weighted by Crippen LogP contribution is 2.26. The number of amides is 1. The van der Waals surface area contributed by atoms with Crippen LogP contribution >= 0.6 is 22.7 Å². The number of hydrogen-bond donors (Lipinski definition) is 1. The van der Waals surface area contributed by atoms with E-state index in [-0.39, 0.29) is 5.91 Å². The average Bonchev–Trinajstić information content (AvgIpc) is 3.32. The highest BCUT2D eigenvalue weighted by molar-refractivity contribution is 7.20. The average molecular weight is 402 g/mol. The monoisotopic (exact) mass is 401 g/mol. The molecule has 3 aromatic rings. The van der Waals surface area contributed by atoms with Crippen molar-refractivity contribution in [1.29, 1.82) is 0 Å². The molecule has 0 aliphatic heterocycles. The van der Waals surface area contributed by atoms with Crippen LogP contribution in [0.2, 0.25) is 0 Å². The number of likely N-dealkylation sites (N-methyl/N-ethyl adjacent to an activating group) is 2. The van der Waals surface area contributed by atoms with Crippen LogP contribution in [0.15, 0.2) is 42.5 Å². The summed E-state index contributed by atoms with van der Waals surface area (Å²) in [7, 11) is 4.01. The van der Waals surface area contributed by atoms with E-state index in [1.165, 1.54) is 9.75 Å². The van der Waals surface area contributed by atoms with Gasteiger partial charge in [-0.3, -0.25) is 4.79 Å². The number of benzene rings is 1. The summed E-state index contributed by atoms with van der Waals surface area (Å²) in [5, 5.41) is 1.14. The molecule has 0 aliphatic carbocycles. The fourth-order valence-corrected chi connectivity index (χ4v) is 5.00. The molecule has 2 N–H and O–H groups in total. The number of hydrogen-bond acceptors (Lipinski definition) is 5. The minimum absolute atomic E-state index is 0.109. The van der Waals surface area contributed by atoms with Gasteiger partial charge in [-0.1, -0.05) is 18.2 Å². The van der Waals surface area contributed by atoms with Crippen LogP contribution in [0.3, 0.4) is 0 Å². The first-order valence-corrected chi connectivity index (χ1v) is 10.9. The Kier molecular flexibility index (Phi) is 7.01. The zero-order valence-corrected chi connectivity index (χ0v) is 17.6. The molecule has 6 heteroatoms. The highest BCUT2D eigenvalue weighted by Gasteiger charge is 2.15. The van der Waals surface area contributed by atoms with E-state index >= 15 is 0 Å². The van der Waals surface area contributed by atoms with Crippen molar-refractivity contribution in [2.45, 2.75) is 19.4 Å². The summed E-state index contributed by atoms with van der Waals surface area (Å²) in [5.41, 5.74) is 5.67. The Bertz CT molecular complexity index is 853. The Hall–Kier alpha value is -1.73.